The van der Waals surface area contributed by atoms with E-state index in [4.69, 9.17) is 14.2 Å². The highest BCUT2D eigenvalue weighted by atomic mass is 32.2. The molecule has 1 fully saturated rings. The summed E-state index contributed by atoms with van der Waals surface area (Å²) in [5.74, 6) is 1.26. The Balaban J connectivity index is 1.40. The highest BCUT2D eigenvalue weighted by molar-refractivity contribution is 7.89. The number of methoxy groups -OCH3 is 1. The second kappa shape index (κ2) is 13.9. The second-order valence-corrected chi connectivity index (χ2v) is 11.7. The highest BCUT2D eigenvalue weighted by Gasteiger charge is 2.25. The van der Waals surface area contributed by atoms with Gasteiger partial charge in [0.1, 0.15) is 24.7 Å². The fourth-order valence-electron chi connectivity index (χ4n) is 4.53. The molecule has 1 heterocycles. The molecule has 0 aliphatic carbocycles. The SMILES string of the molecule is COc1cc(C)c(S(=O)(=O)N(C)CCOCC(=O)N(C)Cc2ccc(OCCN3CCCC3)cc2)c(C)c1. The molecule has 38 heavy (non-hydrogen) atoms. The molecule has 0 unspecified atom stereocenters. The van der Waals surface area contributed by atoms with E-state index in [1.54, 1.807) is 45.0 Å². The van der Waals surface area contributed by atoms with Gasteiger partial charge < -0.3 is 19.1 Å². The van der Waals surface area contributed by atoms with Gasteiger partial charge in [-0.3, -0.25) is 9.69 Å². The van der Waals surface area contributed by atoms with Crippen molar-refractivity contribution in [2.75, 3.05) is 67.2 Å². The normalized spacial score (nSPS) is 14.2. The van der Waals surface area contributed by atoms with Gasteiger partial charge in [-0.1, -0.05) is 12.1 Å². The van der Waals surface area contributed by atoms with Crippen LogP contribution in [0.25, 0.3) is 0 Å². The molecule has 0 atom stereocenters. The number of carbonyl (C=O) groups excluding carboxylic acids is 1. The van der Waals surface area contributed by atoms with Gasteiger partial charge in [0.15, 0.2) is 0 Å². The lowest BCUT2D eigenvalue weighted by molar-refractivity contribution is -0.135. The van der Waals surface area contributed by atoms with Crippen LogP contribution >= 0.6 is 0 Å². The predicted molar refractivity (Wildman–Crippen MR) is 147 cm³/mol. The van der Waals surface area contributed by atoms with Gasteiger partial charge in [-0.2, -0.15) is 4.31 Å². The Hall–Kier alpha value is -2.66. The fraction of sp³-hybridized carbons (Fsp3) is 0.536. The van der Waals surface area contributed by atoms with Crippen LogP contribution in [0.4, 0.5) is 0 Å². The van der Waals surface area contributed by atoms with Crippen LogP contribution < -0.4 is 9.47 Å². The third-order valence-electron chi connectivity index (χ3n) is 6.76. The van der Waals surface area contributed by atoms with Crippen molar-refractivity contribution in [2.24, 2.45) is 0 Å². The summed E-state index contributed by atoms with van der Waals surface area (Å²) in [4.78, 5) is 16.8. The maximum absolute atomic E-state index is 13.1. The van der Waals surface area contributed by atoms with E-state index < -0.39 is 10.0 Å². The van der Waals surface area contributed by atoms with E-state index >= 15 is 0 Å². The molecule has 0 aromatic heterocycles. The largest absolute Gasteiger partial charge is 0.497 e. The molecule has 0 saturated carbocycles. The quantitative estimate of drug-likeness (QED) is 0.336. The average molecular weight is 548 g/mol. The number of hydrogen-bond acceptors (Lipinski definition) is 7. The van der Waals surface area contributed by atoms with Gasteiger partial charge in [-0.05, 0) is 80.7 Å². The number of aryl methyl sites for hydroxylation is 2. The number of carbonyl (C=O) groups is 1. The van der Waals surface area contributed by atoms with Crippen molar-refractivity contribution in [3.05, 3.63) is 53.1 Å². The summed E-state index contributed by atoms with van der Waals surface area (Å²) >= 11 is 0. The lowest BCUT2D eigenvalue weighted by Gasteiger charge is -2.21. The molecule has 0 N–H and O–H groups in total. The van der Waals surface area contributed by atoms with Crippen molar-refractivity contribution in [1.82, 2.24) is 14.1 Å². The molecule has 2 aromatic rings. The number of ether oxygens (including phenoxy) is 3. The first kappa shape index (κ1) is 29.9. The maximum atomic E-state index is 13.1. The molecule has 1 aliphatic rings. The third-order valence-corrected chi connectivity index (χ3v) is 8.92. The lowest BCUT2D eigenvalue weighted by atomic mass is 10.1. The molecule has 0 radical (unpaired) electrons. The van der Waals surface area contributed by atoms with Crippen LogP contribution in [0.15, 0.2) is 41.3 Å². The molecule has 1 saturated heterocycles. The molecular weight excluding hydrogens is 506 g/mol. The standard InChI is InChI=1S/C28H41N3O6S/c1-22-18-26(35-5)19-23(2)28(22)38(33,34)30(4)14-16-36-21-27(32)29(3)20-24-8-10-25(11-9-24)37-17-15-31-12-6-7-13-31/h8-11,18-19H,6-7,12-17,20-21H2,1-5H3. The van der Waals surface area contributed by atoms with Crippen LogP contribution in [-0.2, 0) is 26.1 Å². The fourth-order valence-corrected chi connectivity index (χ4v) is 6.08. The van der Waals surface area contributed by atoms with Gasteiger partial charge in [0.25, 0.3) is 0 Å². The van der Waals surface area contributed by atoms with Crippen LogP contribution in [0.5, 0.6) is 11.5 Å². The summed E-state index contributed by atoms with van der Waals surface area (Å²) < 4.78 is 44.0. The first-order valence-electron chi connectivity index (χ1n) is 13.0. The van der Waals surface area contributed by atoms with Gasteiger partial charge in [-0.25, -0.2) is 8.42 Å². The number of benzene rings is 2. The van der Waals surface area contributed by atoms with E-state index in [1.807, 2.05) is 24.3 Å². The number of sulfonamides is 1. The van der Waals surface area contributed by atoms with E-state index in [0.29, 0.717) is 30.0 Å². The summed E-state index contributed by atoms with van der Waals surface area (Å²) in [6.07, 6.45) is 2.55. The second-order valence-electron chi connectivity index (χ2n) is 9.76. The summed E-state index contributed by atoms with van der Waals surface area (Å²) in [5.41, 5.74) is 2.23. The molecule has 1 aliphatic heterocycles. The van der Waals surface area contributed by atoms with Crippen LogP contribution in [-0.4, -0.2) is 95.6 Å². The Bertz CT molecular complexity index is 1140. The zero-order valence-electron chi connectivity index (χ0n) is 23.2. The minimum Gasteiger partial charge on any atom is -0.497 e. The minimum absolute atomic E-state index is 0.104. The molecule has 2 aromatic carbocycles. The molecule has 3 rings (SSSR count). The Labute approximate surface area is 227 Å². The number of amides is 1. The molecule has 10 heteroatoms. The van der Waals surface area contributed by atoms with E-state index in [-0.39, 0.29) is 30.6 Å². The Morgan fingerprint density at radius 2 is 1.61 bits per heavy atom. The Morgan fingerprint density at radius 1 is 0.974 bits per heavy atom. The highest BCUT2D eigenvalue weighted by Crippen LogP contribution is 2.27. The van der Waals surface area contributed by atoms with Gasteiger partial charge in [0, 0.05) is 33.7 Å². The van der Waals surface area contributed by atoms with Crippen molar-refractivity contribution < 1.29 is 27.4 Å². The molecule has 0 bridgehead atoms. The maximum Gasteiger partial charge on any atom is 0.248 e. The monoisotopic (exact) mass is 547 g/mol. The lowest BCUT2D eigenvalue weighted by Crippen LogP contribution is -2.33. The van der Waals surface area contributed by atoms with E-state index in [9.17, 15) is 13.2 Å². The number of hydrogen-bond donors (Lipinski definition) is 0. The first-order chi connectivity index (χ1) is 18.1. The van der Waals surface area contributed by atoms with Crippen molar-refractivity contribution in [2.45, 2.75) is 38.1 Å². The summed E-state index contributed by atoms with van der Waals surface area (Å²) in [5, 5.41) is 0. The summed E-state index contributed by atoms with van der Waals surface area (Å²) in [7, 11) is 1.07. The number of nitrogens with zero attached hydrogens (tertiary/aromatic N) is 3. The van der Waals surface area contributed by atoms with E-state index in [0.717, 1.165) is 30.9 Å². The van der Waals surface area contributed by atoms with Gasteiger partial charge >= 0.3 is 0 Å². The number of likely N-dealkylation sites (tertiary alicyclic amines) is 1. The zero-order chi connectivity index (χ0) is 27.7. The minimum atomic E-state index is -3.71. The topological polar surface area (TPSA) is 88.6 Å². The predicted octanol–water partition coefficient (Wildman–Crippen LogP) is 3.08. The zero-order valence-corrected chi connectivity index (χ0v) is 24.1. The van der Waals surface area contributed by atoms with Crippen LogP contribution in [0.1, 0.15) is 29.5 Å². The van der Waals surface area contributed by atoms with Gasteiger partial charge in [0.05, 0.1) is 18.6 Å². The van der Waals surface area contributed by atoms with Crippen molar-refractivity contribution >= 4 is 15.9 Å². The van der Waals surface area contributed by atoms with Gasteiger partial charge in [0.2, 0.25) is 15.9 Å². The molecule has 1 amide bonds. The van der Waals surface area contributed by atoms with Crippen LogP contribution in [0.3, 0.4) is 0 Å². The molecule has 0 spiro atoms. The average Bonchev–Trinajstić information content (AvgIpc) is 3.40. The van der Waals surface area contributed by atoms with E-state index in [2.05, 4.69) is 4.90 Å². The molecule has 9 nitrogen and oxygen atoms in total. The van der Waals surface area contributed by atoms with Gasteiger partial charge in [-0.15, -0.1) is 0 Å². The number of likely N-dealkylation sites (N-methyl/N-ethyl adjacent to an activating group) is 2. The summed E-state index contributed by atoms with van der Waals surface area (Å²) in [6.45, 7) is 7.98. The third kappa shape index (κ3) is 8.17. The van der Waals surface area contributed by atoms with Crippen molar-refractivity contribution in [3.8, 4) is 11.5 Å². The Morgan fingerprint density at radius 3 is 2.21 bits per heavy atom. The van der Waals surface area contributed by atoms with Crippen molar-refractivity contribution in [1.29, 1.82) is 0 Å². The van der Waals surface area contributed by atoms with Crippen LogP contribution in [0.2, 0.25) is 0 Å². The van der Waals surface area contributed by atoms with Crippen molar-refractivity contribution in [3.63, 3.8) is 0 Å². The Kier molecular flexibility index (Phi) is 11.0. The first-order valence-corrected chi connectivity index (χ1v) is 14.4. The van der Waals surface area contributed by atoms with E-state index in [1.165, 1.54) is 24.2 Å². The summed E-state index contributed by atoms with van der Waals surface area (Å²) in [6, 6.07) is 11.2. The molecular formula is C28H41N3O6S. The molecule has 210 valence electrons. The smallest absolute Gasteiger partial charge is 0.248 e. The van der Waals surface area contributed by atoms with Crippen LogP contribution in [0, 0.1) is 13.8 Å². The number of rotatable bonds is 14.